The Labute approximate surface area is 320 Å². The van der Waals surface area contributed by atoms with Crippen molar-refractivity contribution in [1.29, 1.82) is 0 Å². The maximum Gasteiger partial charge on any atom is 0.330 e. The van der Waals surface area contributed by atoms with Gasteiger partial charge in [-0.15, -0.1) is 0 Å². The molecule has 2 fully saturated rings. The minimum absolute atomic E-state index is 0.0103. The van der Waals surface area contributed by atoms with E-state index < -0.39 is 55.4 Å². The molecule has 3 aromatic carbocycles. The van der Waals surface area contributed by atoms with Gasteiger partial charge in [0.1, 0.15) is 35.4 Å². The van der Waals surface area contributed by atoms with Crippen molar-refractivity contribution in [3.63, 3.8) is 0 Å². The second-order valence-electron chi connectivity index (χ2n) is 14.4. The Morgan fingerprint density at radius 1 is 0.887 bits per heavy atom. The predicted molar refractivity (Wildman–Crippen MR) is 213 cm³/mol. The first-order valence-corrected chi connectivity index (χ1v) is 24.5. The van der Waals surface area contributed by atoms with Crippen LogP contribution in [-0.2, 0) is 40.4 Å². The van der Waals surface area contributed by atoms with Gasteiger partial charge >= 0.3 is 5.69 Å². The van der Waals surface area contributed by atoms with Gasteiger partial charge in [0.25, 0.3) is 5.56 Å². The summed E-state index contributed by atoms with van der Waals surface area (Å²) in [4.78, 5) is 27.9. The first kappa shape index (κ1) is 39.6. The third-order valence-electron chi connectivity index (χ3n) is 10.1. The quantitative estimate of drug-likeness (QED) is 0.0839. The van der Waals surface area contributed by atoms with Crippen molar-refractivity contribution in [1.82, 2.24) is 9.55 Å². The van der Waals surface area contributed by atoms with E-state index in [2.05, 4.69) is 38.8 Å². The number of hydrogen-bond acceptors (Lipinski definition) is 11. The van der Waals surface area contributed by atoms with Crippen molar-refractivity contribution >= 4 is 37.2 Å². The maximum atomic E-state index is 13.4. The van der Waals surface area contributed by atoms with Crippen LogP contribution in [-0.4, -0.2) is 69.4 Å². The van der Waals surface area contributed by atoms with Crippen LogP contribution in [0.15, 0.2) is 101 Å². The Hall–Kier alpha value is -3.04. The highest BCUT2D eigenvalue weighted by Gasteiger charge is 2.54. The summed E-state index contributed by atoms with van der Waals surface area (Å²) in [7, 11) is 0.717. The zero-order chi connectivity index (χ0) is 38.0. The zero-order valence-corrected chi connectivity index (χ0v) is 34.5. The molecule has 5 atom stereocenters. The maximum absolute atomic E-state index is 13.4. The second-order valence-corrected chi connectivity index (χ2v) is 25.6. The highest BCUT2D eigenvalue weighted by atomic mass is 32.9. The standard InChI is InChI=1S/C38H47N2O9PS2Si/c1-37(2,3)53(6,7)49-34-33(48-50(51)46-23-24-52-50)31(47-35(34)40-22-21-32(41)39-36(40)42)25-45-38(26-11-9-8-10-12-26,27-13-17-29(43-4)18-14-27)28-15-19-30(44-5)20-16-28/h8-22,31,33-35H,23-25H2,1-7H3,(H,39,41,42)/t31-,33-,34-,35-,50-/m1/s1. The van der Waals surface area contributed by atoms with Gasteiger partial charge in [-0.1, -0.05) is 86.8 Å². The summed E-state index contributed by atoms with van der Waals surface area (Å²) >= 11 is 7.49. The van der Waals surface area contributed by atoms with Crippen molar-refractivity contribution in [3.05, 3.63) is 129 Å². The molecule has 15 heteroatoms. The number of hydrogen-bond donors (Lipinski definition) is 1. The van der Waals surface area contributed by atoms with Gasteiger partial charge < -0.3 is 32.4 Å². The third kappa shape index (κ3) is 8.31. The molecule has 2 aliphatic heterocycles. The van der Waals surface area contributed by atoms with Crippen molar-refractivity contribution in [2.45, 2.75) is 69.0 Å². The molecule has 6 rings (SSSR count). The van der Waals surface area contributed by atoms with Gasteiger partial charge in [-0.3, -0.25) is 14.3 Å². The van der Waals surface area contributed by atoms with Crippen LogP contribution >= 0.6 is 17.1 Å². The average molecular weight is 799 g/mol. The van der Waals surface area contributed by atoms with E-state index in [0.29, 0.717) is 23.9 Å². The molecule has 284 valence electrons. The number of rotatable bonds is 13. The monoisotopic (exact) mass is 798 g/mol. The number of nitrogens with one attached hydrogen (secondary N) is 1. The Bertz CT molecular complexity index is 1960. The first-order valence-electron chi connectivity index (χ1n) is 17.4. The van der Waals surface area contributed by atoms with Crippen LogP contribution in [0.25, 0.3) is 0 Å². The molecule has 53 heavy (non-hydrogen) atoms. The Morgan fingerprint density at radius 2 is 1.47 bits per heavy atom. The van der Waals surface area contributed by atoms with Crippen LogP contribution in [0.4, 0.5) is 0 Å². The molecular weight excluding hydrogens is 752 g/mol. The molecule has 0 unspecified atom stereocenters. The van der Waals surface area contributed by atoms with Gasteiger partial charge in [0.15, 0.2) is 14.5 Å². The normalized spacial score (nSPS) is 23.6. The van der Waals surface area contributed by atoms with Crippen LogP contribution in [0.5, 0.6) is 11.5 Å². The molecule has 0 amide bonds. The van der Waals surface area contributed by atoms with E-state index in [9.17, 15) is 9.59 Å². The van der Waals surface area contributed by atoms with E-state index in [-0.39, 0.29) is 11.6 Å². The molecule has 0 aliphatic carbocycles. The zero-order valence-electron chi connectivity index (χ0n) is 31.0. The summed E-state index contributed by atoms with van der Waals surface area (Å²) in [5, 5.41) is -0.197. The highest BCUT2D eigenvalue weighted by molar-refractivity contribution is 8.68. The number of H-pyrrole nitrogens is 1. The van der Waals surface area contributed by atoms with Crippen LogP contribution < -0.4 is 20.7 Å². The van der Waals surface area contributed by atoms with E-state index in [4.69, 9.17) is 44.2 Å². The predicted octanol–water partition coefficient (Wildman–Crippen LogP) is 7.22. The molecule has 11 nitrogen and oxygen atoms in total. The van der Waals surface area contributed by atoms with Crippen LogP contribution in [0, 0.1) is 0 Å². The Morgan fingerprint density at radius 3 is 1.98 bits per heavy atom. The molecule has 0 radical (unpaired) electrons. The number of nitrogens with zero attached hydrogens (tertiary/aromatic N) is 1. The number of benzene rings is 3. The van der Waals surface area contributed by atoms with Gasteiger partial charge in [0.05, 0.1) is 27.4 Å². The summed E-state index contributed by atoms with van der Waals surface area (Å²) in [6.07, 6.45) is -1.95. The van der Waals surface area contributed by atoms with Gasteiger partial charge in [0, 0.05) is 18.0 Å². The van der Waals surface area contributed by atoms with Crippen LogP contribution in [0.2, 0.25) is 18.1 Å². The summed E-state index contributed by atoms with van der Waals surface area (Å²) in [5.41, 5.74) is -2.57. The molecule has 1 aromatic heterocycles. The average Bonchev–Trinajstić information content (AvgIpc) is 3.71. The lowest BCUT2D eigenvalue weighted by molar-refractivity contribution is -0.0935. The van der Waals surface area contributed by atoms with E-state index in [1.807, 2.05) is 78.9 Å². The van der Waals surface area contributed by atoms with Gasteiger partial charge in [0.2, 0.25) is 5.69 Å². The van der Waals surface area contributed by atoms with E-state index in [0.717, 1.165) is 16.7 Å². The Balaban J connectivity index is 1.50. The van der Waals surface area contributed by atoms with Crippen molar-refractivity contribution in [3.8, 4) is 11.5 Å². The Kier molecular flexibility index (Phi) is 11.9. The molecule has 1 N–H and O–H groups in total. The lowest BCUT2D eigenvalue weighted by atomic mass is 9.80. The van der Waals surface area contributed by atoms with Crippen molar-refractivity contribution < 1.29 is 32.4 Å². The summed E-state index contributed by atoms with van der Waals surface area (Å²) in [6, 6.07) is 26.8. The fourth-order valence-electron chi connectivity index (χ4n) is 6.29. The summed E-state index contributed by atoms with van der Waals surface area (Å²) < 4.78 is 46.5. The number of aromatic amines is 1. The molecule has 3 heterocycles. The van der Waals surface area contributed by atoms with E-state index in [1.165, 1.54) is 28.2 Å². The molecular formula is C38H47N2O9PS2Si. The smallest absolute Gasteiger partial charge is 0.330 e. The molecule has 0 bridgehead atoms. The van der Waals surface area contributed by atoms with Gasteiger partial charge in [-0.25, -0.2) is 4.79 Å². The fraction of sp³-hybridized carbons (Fsp3) is 0.421. The van der Waals surface area contributed by atoms with E-state index >= 15 is 0 Å². The number of ether oxygens (including phenoxy) is 4. The summed E-state index contributed by atoms with van der Waals surface area (Å²) in [6.45, 7) is 11.1. The summed E-state index contributed by atoms with van der Waals surface area (Å²) in [5.74, 6) is 2.10. The molecule has 4 aromatic rings. The fourth-order valence-corrected chi connectivity index (χ4v) is 12.2. The van der Waals surface area contributed by atoms with Crippen LogP contribution in [0.3, 0.4) is 0 Å². The lowest BCUT2D eigenvalue weighted by Crippen LogP contribution is -2.50. The number of aromatic nitrogens is 2. The van der Waals surface area contributed by atoms with Gasteiger partial charge in [-0.05, 0) is 70.9 Å². The molecule has 0 spiro atoms. The minimum atomic E-state index is -2.82. The molecule has 2 saturated heterocycles. The van der Waals surface area contributed by atoms with Crippen molar-refractivity contribution in [2.75, 3.05) is 33.2 Å². The topological polar surface area (TPSA) is 119 Å². The first-order chi connectivity index (χ1) is 25.2. The van der Waals surface area contributed by atoms with E-state index in [1.54, 1.807) is 14.2 Å². The van der Waals surface area contributed by atoms with Gasteiger partial charge in [-0.2, -0.15) is 0 Å². The second kappa shape index (κ2) is 16.0. The molecule has 2 aliphatic rings. The van der Waals surface area contributed by atoms with Crippen LogP contribution in [0.1, 0.15) is 43.7 Å². The third-order valence-corrected chi connectivity index (χ3v) is 19.9. The SMILES string of the molecule is COc1ccc(C(OC[C@H]2O[C@@H](n3ccc(=O)[nH]c3=O)[C@H](O[Si](C)(C)C(C)(C)C)[C@@H]2O[P@@]2(=S)OCCS2)(c2ccccc2)c2ccc(OC)cc2)cc1. The lowest BCUT2D eigenvalue weighted by Gasteiger charge is -2.41. The highest BCUT2D eigenvalue weighted by Crippen LogP contribution is 2.66. The van der Waals surface area contributed by atoms with Crippen molar-refractivity contribution in [2.24, 2.45) is 0 Å². The number of methoxy groups -OCH3 is 2. The largest absolute Gasteiger partial charge is 0.497 e. The minimum Gasteiger partial charge on any atom is -0.497 e. The molecule has 0 saturated carbocycles.